The average molecular weight is 446 g/mol. The summed E-state index contributed by atoms with van der Waals surface area (Å²) in [5.74, 6) is 0.000284. The minimum Gasteiger partial charge on any atom is -0.495 e. The van der Waals surface area contributed by atoms with Gasteiger partial charge in [-0.15, -0.1) is 5.10 Å². The van der Waals surface area contributed by atoms with Crippen molar-refractivity contribution in [1.82, 2.24) is 24.3 Å². The first kappa shape index (κ1) is 21.3. The number of methoxy groups -OCH3 is 1. The number of aryl methyl sites for hydroxylation is 2. The van der Waals surface area contributed by atoms with E-state index in [2.05, 4.69) is 20.4 Å². The fourth-order valence-corrected chi connectivity index (χ4v) is 3.19. The number of imidazole rings is 1. The van der Waals surface area contributed by atoms with Gasteiger partial charge in [-0.2, -0.15) is 18.2 Å². The molecule has 0 fully saturated rings. The van der Waals surface area contributed by atoms with Crippen LogP contribution in [0.1, 0.15) is 11.3 Å². The van der Waals surface area contributed by atoms with Gasteiger partial charge in [0, 0.05) is 18.8 Å². The molecule has 0 aliphatic heterocycles. The highest BCUT2D eigenvalue weighted by Crippen LogP contribution is 2.36. The zero-order chi connectivity index (χ0) is 23.0. The van der Waals surface area contributed by atoms with Gasteiger partial charge in [0.15, 0.2) is 5.82 Å². The topological polar surface area (TPSA) is 69.8 Å². The summed E-state index contributed by atoms with van der Waals surface area (Å²) < 4.78 is 62.0. The summed E-state index contributed by atoms with van der Waals surface area (Å²) in [6, 6.07) is 7.47. The standard InChI is InChI=1S/C21H18F4N6O/c1-12-10-31(11-26-12)17-7-4-13(8-18(17)32-3)19-28-20(30(2)29-19)27-16-9-14(22)5-6-15(16)21(23,24)25/h4-11H,1-3H3,(H,27,28,29). The maximum atomic E-state index is 13.6. The van der Waals surface area contributed by atoms with Gasteiger partial charge in [0.25, 0.3) is 0 Å². The van der Waals surface area contributed by atoms with Crippen molar-refractivity contribution in [3.63, 3.8) is 0 Å². The second-order valence-corrected chi connectivity index (χ2v) is 7.00. The van der Waals surface area contributed by atoms with E-state index in [1.54, 1.807) is 29.1 Å². The molecule has 0 aliphatic carbocycles. The fraction of sp³-hybridized carbons (Fsp3) is 0.190. The van der Waals surface area contributed by atoms with Crippen LogP contribution in [0.5, 0.6) is 5.75 Å². The van der Waals surface area contributed by atoms with E-state index in [4.69, 9.17) is 4.74 Å². The van der Waals surface area contributed by atoms with E-state index in [0.717, 1.165) is 23.5 Å². The van der Waals surface area contributed by atoms with Crippen LogP contribution in [0.4, 0.5) is 29.2 Å². The summed E-state index contributed by atoms with van der Waals surface area (Å²) >= 11 is 0. The molecule has 0 aliphatic rings. The maximum absolute atomic E-state index is 13.6. The van der Waals surface area contributed by atoms with Gasteiger partial charge in [0.1, 0.15) is 11.6 Å². The number of benzene rings is 2. The molecule has 7 nitrogen and oxygen atoms in total. The first-order chi connectivity index (χ1) is 15.2. The van der Waals surface area contributed by atoms with E-state index >= 15 is 0 Å². The molecule has 166 valence electrons. The lowest BCUT2D eigenvalue weighted by atomic mass is 10.1. The lowest BCUT2D eigenvalue weighted by molar-refractivity contribution is -0.136. The average Bonchev–Trinajstić information content (AvgIpc) is 3.32. The van der Waals surface area contributed by atoms with E-state index in [9.17, 15) is 17.6 Å². The van der Waals surface area contributed by atoms with Crippen LogP contribution in [-0.2, 0) is 13.2 Å². The molecule has 0 unspecified atom stereocenters. The quantitative estimate of drug-likeness (QED) is 0.442. The highest BCUT2D eigenvalue weighted by Gasteiger charge is 2.34. The molecule has 2 aromatic heterocycles. The molecular weight excluding hydrogens is 428 g/mol. The molecule has 11 heteroatoms. The number of alkyl halides is 3. The molecule has 4 aromatic rings. The number of hydrogen-bond donors (Lipinski definition) is 1. The summed E-state index contributed by atoms with van der Waals surface area (Å²) in [6.45, 7) is 1.87. The van der Waals surface area contributed by atoms with E-state index in [1.807, 2.05) is 13.1 Å². The molecule has 32 heavy (non-hydrogen) atoms. The highest BCUT2D eigenvalue weighted by molar-refractivity contribution is 5.66. The lowest BCUT2D eigenvalue weighted by Crippen LogP contribution is -2.10. The van der Waals surface area contributed by atoms with Gasteiger partial charge < -0.3 is 14.6 Å². The van der Waals surface area contributed by atoms with Crippen LogP contribution in [0.15, 0.2) is 48.9 Å². The number of ether oxygens (including phenoxy) is 1. The molecular formula is C21H18F4N6O. The van der Waals surface area contributed by atoms with Crippen LogP contribution in [0.2, 0.25) is 0 Å². The zero-order valence-electron chi connectivity index (χ0n) is 17.3. The number of hydrogen-bond acceptors (Lipinski definition) is 5. The third kappa shape index (κ3) is 4.13. The zero-order valence-corrected chi connectivity index (χ0v) is 17.3. The van der Waals surface area contributed by atoms with Crippen molar-refractivity contribution < 1.29 is 22.3 Å². The smallest absolute Gasteiger partial charge is 0.418 e. The second kappa shape index (κ2) is 7.98. The Morgan fingerprint density at radius 3 is 2.53 bits per heavy atom. The van der Waals surface area contributed by atoms with Gasteiger partial charge in [-0.3, -0.25) is 0 Å². The molecule has 0 saturated carbocycles. The SMILES string of the molecule is COc1cc(-c2nc(Nc3cc(F)ccc3C(F)(F)F)n(C)n2)ccc1-n1cnc(C)c1. The summed E-state index contributed by atoms with van der Waals surface area (Å²) in [5, 5.41) is 6.80. The molecule has 0 radical (unpaired) electrons. The van der Waals surface area contributed by atoms with Crippen LogP contribution < -0.4 is 10.1 Å². The molecule has 0 bridgehead atoms. The number of rotatable bonds is 5. The molecule has 0 spiro atoms. The lowest BCUT2D eigenvalue weighted by Gasteiger charge is -2.13. The van der Waals surface area contributed by atoms with Crippen LogP contribution >= 0.6 is 0 Å². The van der Waals surface area contributed by atoms with Crippen molar-refractivity contribution in [2.45, 2.75) is 13.1 Å². The molecule has 0 atom stereocenters. The Hall–Kier alpha value is -3.89. The Morgan fingerprint density at radius 2 is 1.88 bits per heavy atom. The molecule has 2 heterocycles. The van der Waals surface area contributed by atoms with Gasteiger partial charge in [0.2, 0.25) is 5.95 Å². The Morgan fingerprint density at radius 1 is 1.09 bits per heavy atom. The largest absolute Gasteiger partial charge is 0.495 e. The van der Waals surface area contributed by atoms with Crippen LogP contribution in [-0.4, -0.2) is 31.4 Å². The van der Waals surface area contributed by atoms with Gasteiger partial charge in [-0.25, -0.2) is 14.1 Å². The summed E-state index contributed by atoms with van der Waals surface area (Å²) in [7, 11) is 3.04. The third-order valence-electron chi connectivity index (χ3n) is 4.72. The van der Waals surface area contributed by atoms with Gasteiger partial charge in [-0.05, 0) is 43.3 Å². The summed E-state index contributed by atoms with van der Waals surface area (Å²) in [5.41, 5.74) is 0.712. The van der Waals surface area contributed by atoms with E-state index < -0.39 is 23.2 Å². The number of halogens is 4. The van der Waals surface area contributed by atoms with Crippen molar-refractivity contribution in [3.8, 4) is 22.8 Å². The number of aromatic nitrogens is 5. The normalized spacial score (nSPS) is 11.6. The number of nitrogens with zero attached hydrogens (tertiary/aromatic N) is 5. The van der Waals surface area contributed by atoms with E-state index in [-0.39, 0.29) is 11.8 Å². The van der Waals surface area contributed by atoms with Gasteiger partial charge in [0.05, 0.1) is 36.1 Å². The third-order valence-corrected chi connectivity index (χ3v) is 4.72. The van der Waals surface area contributed by atoms with Crippen molar-refractivity contribution in [2.75, 3.05) is 12.4 Å². The van der Waals surface area contributed by atoms with E-state index in [1.165, 1.54) is 18.8 Å². The number of anilines is 2. The Kier molecular flexibility index (Phi) is 5.33. The molecule has 1 N–H and O–H groups in total. The first-order valence-corrected chi connectivity index (χ1v) is 9.40. The maximum Gasteiger partial charge on any atom is 0.418 e. The Labute approximate surface area is 180 Å². The Bertz CT molecular complexity index is 1280. The second-order valence-electron chi connectivity index (χ2n) is 7.00. The van der Waals surface area contributed by atoms with Crippen molar-refractivity contribution in [1.29, 1.82) is 0 Å². The molecule has 2 aromatic carbocycles. The molecule has 0 amide bonds. The fourth-order valence-electron chi connectivity index (χ4n) is 3.19. The van der Waals surface area contributed by atoms with Gasteiger partial charge in [-0.1, -0.05) is 0 Å². The predicted octanol–water partition coefficient (Wildman–Crippen LogP) is 4.89. The Balaban J connectivity index is 1.69. The minimum absolute atomic E-state index is 0.0179. The van der Waals surface area contributed by atoms with Crippen molar-refractivity contribution >= 4 is 11.6 Å². The summed E-state index contributed by atoms with van der Waals surface area (Å²) in [6.07, 6.45) is -1.16. The first-order valence-electron chi connectivity index (χ1n) is 9.40. The van der Waals surface area contributed by atoms with Crippen LogP contribution in [0.3, 0.4) is 0 Å². The number of nitrogens with one attached hydrogen (secondary N) is 1. The van der Waals surface area contributed by atoms with Crippen molar-refractivity contribution in [3.05, 3.63) is 66.0 Å². The van der Waals surface area contributed by atoms with Crippen molar-refractivity contribution in [2.24, 2.45) is 7.05 Å². The predicted molar refractivity (Wildman–Crippen MR) is 110 cm³/mol. The van der Waals surface area contributed by atoms with Crippen LogP contribution in [0, 0.1) is 12.7 Å². The molecule has 4 rings (SSSR count). The highest BCUT2D eigenvalue weighted by atomic mass is 19.4. The van der Waals surface area contributed by atoms with Gasteiger partial charge >= 0.3 is 6.18 Å². The summed E-state index contributed by atoms with van der Waals surface area (Å²) in [4.78, 5) is 8.48. The molecule has 0 saturated heterocycles. The van der Waals surface area contributed by atoms with Crippen LogP contribution in [0.25, 0.3) is 17.1 Å². The minimum atomic E-state index is -4.66. The van der Waals surface area contributed by atoms with E-state index in [0.29, 0.717) is 17.4 Å². The monoisotopic (exact) mass is 446 g/mol.